The highest BCUT2D eigenvalue weighted by Crippen LogP contribution is 2.32. The van der Waals surface area contributed by atoms with E-state index in [-0.39, 0.29) is 0 Å². The first-order chi connectivity index (χ1) is 10.1. The summed E-state index contributed by atoms with van der Waals surface area (Å²) in [5.41, 5.74) is 0.321. The van der Waals surface area contributed by atoms with Gasteiger partial charge in [-0.05, 0) is 51.2 Å². The molecule has 1 N–H and O–H groups in total. The molecule has 0 aliphatic rings. The Hall–Kier alpha value is -0.0800. The van der Waals surface area contributed by atoms with E-state index in [1.54, 1.807) is 0 Å². The third-order valence-electron chi connectivity index (χ3n) is 5.63. The lowest BCUT2D eigenvalue weighted by Crippen LogP contribution is -2.61. The van der Waals surface area contributed by atoms with Crippen molar-refractivity contribution in [2.24, 2.45) is 5.92 Å². The van der Waals surface area contributed by atoms with E-state index in [0.717, 1.165) is 25.6 Å². The summed E-state index contributed by atoms with van der Waals surface area (Å²) in [5, 5.41) is 3.92. The maximum atomic E-state index is 3.92. The van der Waals surface area contributed by atoms with Gasteiger partial charge in [0.2, 0.25) is 0 Å². The van der Waals surface area contributed by atoms with Crippen molar-refractivity contribution in [1.82, 2.24) is 10.2 Å². The van der Waals surface area contributed by atoms with Crippen LogP contribution in [0.5, 0.6) is 0 Å². The van der Waals surface area contributed by atoms with Crippen LogP contribution in [0.3, 0.4) is 0 Å². The first-order valence-electron chi connectivity index (χ1n) is 9.58. The lowest BCUT2D eigenvalue weighted by molar-refractivity contribution is 0.0393. The number of hydrogen-bond acceptors (Lipinski definition) is 2. The molecule has 2 nitrogen and oxygen atoms in total. The zero-order valence-electron chi connectivity index (χ0n) is 16.0. The normalized spacial score (nSPS) is 14.1. The van der Waals surface area contributed by atoms with E-state index >= 15 is 0 Å². The summed E-state index contributed by atoms with van der Waals surface area (Å²) in [6.45, 7) is 19.8. The zero-order valence-corrected chi connectivity index (χ0v) is 16.0. The van der Waals surface area contributed by atoms with Crippen LogP contribution in [-0.2, 0) is 0 Å². The Balaban J connectivity index is 5.34. The Labute approximate surface area is 135 Å². The number of hydrogen-bond donors (Lipinski definition) is 1. The van der Waals surface area contributed by atoms with Gasteiger partial charge in [0.05, 0.1) is 0 Å². The molecule has 0 amide bonds. The molecule has 0 aromatic heterocycles. The topological polar surface area (TPSA) is 15.3 Å². The van der Waals surface area contributed by atoms with Crippen molar-refractivity contribution >= 4 is 0 Å². The van der Waals surface area contributed by atoms with E-state index in [0.29, 0.717) is 11.6 Å². The summed E-state index contributed by atoms with van der Waals surface area (Å²) in [7, 11) is 0. The first kappa shape index (κ1) is 20.9. The van der Waals surface area contributed by atoms with Crippen LogP contribution >= 0.6 is 0 Å². The van der Waals surface area contributed by atoms with Gasteiger partial charge >= 0.3 is 0 Å². The molecular weight excluding hydrogens is 256 g/mol. The molecule has 0 saturated carbocycles. The average Bonchev–Trinajstić information content (AvgIpc) is 2.53. The Bertz CT molecular complexity index is 228. The van der Waals surface area contributed by atoms with Crippen LogP contribution < -0.4 is 5.32 Å². The van der Waals surface area contributed by atoms with Crippen molar-refractivity contribution in [3.8, 4) is 0 Å². The highest BCUT2D eigenvalue weighted by molar-refractivity contribution is 4.99. The molecule has 2 heteroatoms. The fraction of sp³-hybridized carbons (Fsp3) is 1.00. The molecule has 0 fully saturated rings. The molecular formula is C19H42N2. The minimum absolute atomic E-state index is 0.321. The summed E-state index contributed by atoms with van der Waals surface area (Å²) < 4.78 is 0. The lowest BCUT2D eigenvalue weighted by atomic mass is 9.77. The number of nitrogens with zero attached hydrogens (tertiary/aromatic N) is 1. The Kier molecular flexibility index (Phi) is 11.4. The van der Waals surface area contributed by atoms with E-state index in [9.17, 15) is 0 Å². The van der Waals surface area contributed by atoms with Crippen molar-refractivity contribution in [2.45, 2.75) is 98.6 Å². The number of rotatable bonds is 13. The fourth-order valence-corrected chi connectivity index (χ4v) is 4.03. The molecule has 128 valence electrons. The van der Waals surface area contributed by atoms with Gasteiger partial charge < -0.3 is 5.32 Å². The Morgan fingerprint density at radius 3 is 1.71 bits per heavy atom. The second-order valence-corrected chi connectivity index (χ2v) is 6.41. The average molecular weight is 299 g/mol. The number of nitrogens with one attached hydrogen (secondary N) is 1. The summed E-state index contributed by atoms with van der Waals surface area (Å²) >= 11 is 0. The first-order valence-corrected chi connectivity index (χ1v) is 9.58. The van der Waals surface area contributed by atoms with Crippen molar-refractivity contribution in [3.63, 3.8) is 0 Å². The van der Waals surface area contributed by atoms with Crippen molar-refractivity contribution < 1.29 is 0 Å². The van der Waals surface area contributed by atoms with E-state index in [1.165, 1.54) is 38.5 Å². The second kappa shape index (κ2) is 11.5. The molecule has 0 spiro atoms. The fourth-order valence-electron chi connectivity index (χ4n) is 4.03. The third-order valence-corrected chi connectivity index (χ3v) is 5.63. The third kappa shape index (κ3) is 5.56. The van der Waals surface area contributed by atoms with E-state index < -0.39 is 0 Å². The Morgan fingerprint density at radius 2 is 1.38 bits per heavy atom. The maximum absolute atomic E-state index is 3.92. The highest BCUT2D eigenvalue weighted by Gasteiger charge is 2.39. The minimum Gasteiger partial charge on any atom is -0.312 e. The molecule has 0 heterocycles. The molecule has 1 atom stereocenters. The molecule has 0 aromatic carbocycles. The van der Waals surface area contributed by atoms with Gasteiger partial charge in [0.25, 0.3) is 0 Å². The van der Waals surface area contributed by atoms with Crippen LogP contribution in [-0.4, -0.2) is 36.1 Å². The van der Waals surface area contributed by atoms with Gasteiger partial charge in [-0.1, -0.05) is 61.3 Å². The molecule has 1 unspecified atom stereocenters. The van der Waals surface area contributed by atoms with E-state index in [2.05, 4.69) is 58.7 Å². The smallest absolute Gasteiger partial charge is 0.0357 e. The van der Waals surface area contributed by atoms with Crippen LogP contribution in [0.4, 0.5) is 0 Å². The van der Waals surface area contributed by atoms with Gasteiger partial charge in [-0.3, -0.25) is 4.90 Å². The molecule has 0 rings (SSSR count). The number of likely N-dealkylation sites (N-methyl/N-ethyl adjacent to an activating group) is 1. The summed E-state index contributed by atoms with van der Waals surface area (Å²) in [4.78, 5) is 2.71. The van der Waals surface area contributed by atoms with Gasteiger partial charge in [0, 0.05) is 11.6 Å². The molecule has 0 aliphatic carbocycles. The minimum atomic E-state index is 0.321. The standard InChI is InChI=1S/C19H42N2/c1-8-15-20-18(16-17(9-2)10-3)19(11-4,12-5)21(13-6)14-7/h17-18,20H,8-16H2,1-7H3. The van der Waals surface area contributed by atoms with Crippen molar-refractivity contribution in [3.05, 3.63) is 0 Å². The van der Waals surface area contributed by atoms with Crippen molar-refractivity contribution in [1.29, 1.82) is 0 Å². The summed E-state index contributed by atoms with van der Waals surface area (Å²) in [5.74, 6) is 0.854. The SMILES string of the molecule is CCCNC(CC(CC)CC)C(CC)(CC)N(CC)CC. The molecule has 0 aromatic rings. The van der Waals surface area contributed by atoms with Crippen molar-refractivity contribution in [2.75, 3.05) is 19.6 Å². The Morgan fingerprint density at radius 1 is 0.857 bits per heavy atom. The zero-order chi connectivity index (χ0) is 16.3. The van der Waals surface area contributed by atoms with E-state index in [4.69, 9.17) is 0 Å². The van der Waals surface area contributed by atoms with Crippen LogP contribution in [0.25, 0.3) is 0 Å². The summed E-state index contributed by atoms with van der Waals surface area (Å²) in [6, 6.07) is 0.622. The quantitative estimate of drug-likeness (QED) is 0.510. The van der Waals surface area contributed by atoms with Crippen LogP contribution in [0.1, 0.15) is 87.0 Å². The van der Waals surface area contributed by atoms with Gasteiger partial charge in [0.1, 0.15) is 0 Å². The molecule has 0 saturated heterocycles. The molecule has 0 bridgehead atoms. The van der Waals surface area contributed by atoms with Gasteiger partial charge in [-0.2, -0.15) is 0 Å². The van der Waals surface area contributed by atoms with Gasteiger partial charge in [-0.15, -0.1) is 0 Å². The van der Waals surface area contributed by atoms with Crippen LogP contribution in [0.15, 0.2) is 0 Å². The van der Waals surface area contributed by atoms with Crippen LogP contribution in [0, 0.1) is 5.92 Å². The molecule has 21 heavy (non-hydrogen) atoms. The largest absolute Gasteiger partial charge is 0.312 e. The van der Waals surface area contributed by atoms with Crippen LogP contribution in [0.2, 0.25) is 0 Å². The van der Waals surface area contributed by atoms with Gasteiger partial charge in [0.15, 0.2) is 0 Å². The lowest BCUT2D eigenvalue weighted by Gasteiger charge is -2.49. The predicted molar refractivity (Wildman–Crippen MR) is 97.0 cm³/mol. The monoisotopic (exact) mass is 298 g/mol. The second-order valence-electron chi connectivity index (χ2n) is 6.41. The van der Waals surface area contributed by atoms with Gasteiger partial charge in [-0.25, -0.2) is 0 Å². The summed E-state index contributed by atoms with van der Waals surface area (Å²) in [6.07, 6.45) is 7.65. The molecule has 0 aliphatic heterocycles. The predicted octanol–water partition coefficient (Wildman–Crippen LogP) is 5.08. The van der Waals surface area contributed by atoms with E-state index in [1.807, 2.05) is 0 Å². The molecule has 0 radical (unpaired) electrons. The highest BCUT2D eigenvalue weighted by atomic mass is 15.2. The maximum Gasteiger partial charge on any atom is 0.0357 e.